The second kappa shape index (κ2) is 2.60. The van der Waals surface area contributed by atoms with Gasteiger partial charge in [-0.05, 0) is 0 Å². The number of ether oxygens (including phenoxy) is 1. The topological polar surface area (TPSA) is 61.5 Å². The lowest BCUT2D eigenvalue weighted by atomic mass is 10.5. The maximum Gasteiger partial charge on any atom is 0.325 e. The number of rotatable bonds is 1. The van der Waals surface area contributed by atoms with Gasteiger partial charge in [-0.3, -0.25) is 4.84 Å². The van der Waals surface area contributed by atoms with Crippen molar-refractivity contribution in [2.75, 3.05) is 0 Å². The van der Waals surface area contributed by atoms with Gasteiger partial charge in [0.25, 0.3) is 0 Å². The molecule has 1 rings (SSSR count). The summed E-state index contributed by atoms with van der Waals surface area (Å²) in [5.74, 6) is 4.81. The van der Waals surface area contributed by atoms with Gasteiger partial charge < -0.3 is 4.74 Å². The number of carbonyl (C=O) groups is 1. The van der Waals surface area contributed by atoms with Crippen LogP contribution in [0.4, 0.5) is 4.79 Å². The van der Waals surface area contributed by atoms with E-state index >= 15 is 0 Å². The molecule has 1 aliphatic heterocycles. The van der Waals surface area contributed by atoms with Gasteiger partial charge in [-0.2, -0.15) is 0 Å². The molecule has 0 amide bonds. The highest BCUT2D eigenvalue weighted by Gasteiger charge is 2.31. The van der Waals surface area contributed by atoms with Crippen LogP contribution in [-0.2, 0) is 9.57 Å². The molecule has 0 aromatic carbocycles. The highest BCUT2D eigenvalue weighted by atomic mass is 31.1. The molecule has 3 unspecified atom stereocenters. The highest BCUT2D eigenvalue weighted by molar-refractivity contribution is 7.58. The van der Waals surface area contributed by atoms with E-state index in [0.717, 1.165) is 0 Å². The Labute approximate surface area is 54.4 Å². The Morgan fingerprint density at radius 1 is 1.89 bits per heavy atom. The van der Waals surface area contributed by atoms with Crippen LogP contribution in [0.3, 0.4) is 0 Å². The molecule has 3 atom stereocenters. The lowest BCUT2D eigenvalue weighted by molar-refractivity contribution is -0.0898. The van der Waals surface area contributed by atoms with Crippen LogP contribution in [0.1, 0.15) is 6.92 Å². The predicted octanol–water partition coefficient (Wildman–Crippen LogP) is 0.420. The molecule has 0 radical (unpaired) electrons. The standard InChI is InChI=1S/C4H8NO3P/c1-2-3(8-5)7-4(6)9-2/h2-3,9H,5H2,1H3. The van der Waals surface area contributed by atoms with Crippen LogP contribution >= 0.6 is 8.58 Å². The number of cyclic esters (lactones) is 1. The van der Waals surface area contributed by atoms with Crippen LogP contribution in [0.25, 0.3) is 0 Å². The van der Waals surface area contributed by atoms with Gasteiger partial charge in [-0.1, -0.05) is 6.92 Å². The minimum absolute atomic E-state index is 0.113. The zero-order valence-corrected chi connectivity index (χ0v) is 5.96. The third kappa shape index (κ3) is 1.39. The highest BCUT2D eigenvalue weighted by Crippen LogP contribution is 2.33. The maximum atomic E-state index is 10.5. The normalized spacial score (nSPS) is 37.3. The van der Waals surface area contributed by atoms with Gasteiger partial charge in [0.1, 0.15) is 0 Å². The fraction of sp³-hybridized carbons (Fsp3) is 0.750. The molecular formula is C4H8NO3P. The van der Waals surface area contributed by atoms with E-state index in [9.17, 15) is 4.79 Å². The van der Waals surface area contributed by atoms with E-state index in [1.165, 1.54) is 0 Å². The van der Waals surface area contributed by atoms with E-state index in [1.807, 2.05) is 6.92 Å². The van der Waals surface area contributed by atoms with Gasteiger partial charge in [0.05, 0.1) is 0 Å². The van der Waals surface area contributed by atoms with Crippen LogP contribution in [0.5, 0.6) is 0 Å². The monoisotopic (exact) mass is 149 g/mol. The Morgan fingerprint density at radius 3 is 2.78 bits per heavy atom. The Kier molecular flexibility index (Phi) is 2.01. The molecule has 4 nitrogen and oxygen atoms in total. The van der Waals surface area contributed by atoms with E-state index in [1.54, 1.807) is 0 Å². The number of hydrogen-bond donors (Lipinski definition) is 1. The first kappa shape index (κ1) is 6.93. The SMILES string of the molecule is CC1PC(=O)OC1ON. The van der Waals surface area contributed by atoms with Gasteiger partial charge in [0, 0.05) is 14.2 Å². The quantitative estimate of drug-likeness (QED) is 0.433. The minimum atomic E-state index is -0.518. The molecule has 0 bridgehead atoms. The summed E-state index contributed by atoms with van der Waals surface area (Å²) in [4.78, 5) is 14.8. The molecule has 1 aliphatic rings. The molecular weight excluding hydrogens is 141 g/mol. The minimum Gasteiger partial charge on any atom is -0.430 e. The Balaban J connectivity index is 2.47. The third-order valence-corrected chi connectivity index (χ3v) is 2.19. The van der Waals surface area contributed by atoms with Crippen molar-refractivity contribution >= 4 is 14.3 Å². The van der Waals surface area contributed by atoms with Crippen molar-refractivity contribution in [3.05, 3.63) is 0 Å². The second-order valence-corrected chi connectivity index (χ2v) is 3.45. The number of nitrogens with two attached hydrogens (primary N) is 1. The van der Waals surface area contributed by atoms with Gasteiger partial charge in [0.15, 0.2) is 0 Å². The molecule has 9 heavy (non-hydrogen) atoms. The van der Waals surface area contributed by atoms with Crippen LogP contribution in [-0.4, -0.2) is 17.7 Å². The maximum absolute atomic E-state index is 10.5. The van der Waals surface area contributed by atoms with E-state index in [-0.39, 0.29) is 20.0 Å². The number of carbonyl (C=O) groups excluding carboxylic acids is 1. The summed E-state index contributed by atoms with van der Waals surface area (Å²) < 4.78 is 4.65. The van der Waals surface area contributed by atoms with Gasteiger partial charge in [0.2, 0.25) is 6.29 Å². The van der Waals surface area contributed by atoms with Crippen molar-refractivity contribution in [1.82, 2.24) is 0 Å². The fourth-order valence-electron chi connectivity index (χ4n) is 0.641. The Bertz CT molecular complexity index is 129. The van der Waals surface area contributed by atoms with Crippen LogP contribution in [0, 0.1) is 0 Å². The zero-order chi connectivity index (χ0) is 6.85. The molecule has 5 heteroatoms. The fourth-order valence-corrected chi connectivity index (χ4v) is 1.48. The first-order valence-electron chi connectivity index (χ1n) is 2.56. The smallest absolute Gasteiger partial charge is 0.325 e. The molecule has 2 N–H and O–H groups in total. The first-order valence-corrected chi connectivity index (χ1v) is 3.64. The average molecular weight is 149 g/mol. The van der Waals surface area contributed by atoms with Crippen molar-refractivity contribution in [3.8, 4) is 0 Å². The summed E-state index contributed by atoms with van der Waals surface area (Å²) in [5, 5.41) is 0. The molecule has 1 heterocycles. The van der Waals surface area contributed by atoms with Crippen molar-refractivity contribution in [2.45, 2.75) is 18.9 Å². The van der Waals surface area contributed by atoms with E-state index in [2.05, 4.69) is 9.57 Å². The van der Waals surface area contributed by atoms with Crippen molar-refractivity contribution < 1.29 is 14.4 Å². The van der Waals surface area contributed by atoms with Crippen molar-refractivity contribution in [1.29, 1.82) is 0 Å². The Hall–Kier alpha value is -0.180. The van der Waals surface area contributed by atoms with Crippen molar-refractivity contribution in [3.63, 3.8) is 0 Å². The summed E-state index contributed by atoms with van der Waals surface area (Å²) in [7, 11) is 0.177. The van der Waals surface area contributed by atoms with Gasteiger partial charge >= 0.3 is 5.71 Å². The lowest BCUT2D eigenvalue weighted by Crippen LogP contribution is -2.23. The molecule has 1 saturated heterocycles. The summed E-state index contributed by atoms with van der Waals surface area (Å²) in [6, 6.07) is 0. The number of hydrogen-bond acceptors (Lipinski definition) is 4. The van der Waals surface area contributed by atoms with Gasteiger partial charge in [-0.15, -0.1) is 0 Å². The summed E-state index contributed by atoms with van der Waals surface area (Å²) in [6.07, 6.45) is -0.518. The van der Waals surface area contributed by atoms with Crippen LogP contribution in [0.2, 0.25) is 0 Å². The summed E-state index contributed by atoms with van der Waals surface area (Å²) in [5.41, 5.74) is -0.0968. The molecule has 0 saturated carbocycles. The van der Waals surface area contributed by atoms with E-state index < -0.39 is 6.29 Å². The summed E-state index contributed by atoms with van der Waals surface area (Å²) in [6.45, 7) is 1.86. The molecule has 0 aromatic rings. The summed E-state index contributed by atoms with van der Waals surface area (Å²) >= 11 is 0. The largest absolute Gasteiger partial charge is 0.430 e. The molecule has 0 spiro atoms. The third-order valence-electron chi connectivity index (χ3n) is 1.11. The molecule has 0 aliphatic carbocycles. The predicted molar refractivity (Wildman–Crippen MR) is 33.3 cm³/mol. The van der Waals surface area contributed by atoms with Crippen molar-refractivity contribution in [2.24, 2.45) is 5.90 Å². The van der Waals surface area contributed by atoms with E-state index in [0.29, 0.717) is 0 Å². The molecule has 1 fully saturated rings. The van der Waals surface area contributed by atoms with Gasteiger partial charge in [-0.25, -0.2) is 10.7 Å². The first-order chi connectivity index (χ1) is 4.24. The zero-order valence-electron chi connectivity index (χ0n) is 4.96. The molecule has 0 aromatic heterocycles. The second-order valence-electron chi connectivity index (χ2n) is 1.84. The lowest BCUT2D eigenvalue weighted by Gasteiger charge is -2.07. The van der Waals surface area contributed by atoms with Crippen LogP contribution in [0.15, 0.2) is 0 Å². The van der Waals surface area contributed by atoms with Crippen LogP contribution < -0.4 is 5.90 Å². The Morgan fingerprint density at radius 2 is 2.56 bits per heavy atom. The van der Waals surface area contributed by atoms with E-state index in [4.69, 9.17) is 5.90 Å². The molecule has 52 valence electrons. The average Bonchev–Trinajstić information content (AvgIpc) is 2.10.